The first kappa shape index (κ1) is 17.9. The molecular weight excluding hydrogens is 415 g/mol. The number of pyridine rings is 1. The van der Waals surface area contributed by atoms with Crippen LogP contribution in [0.3, 0.4) is 0 Å². The molecule has 0 atom stereocenters. The fraction of sp³-hybridized carbons (Fsp3) is 0.0769. The highest BCUT2D eigenvalue weighted by molar-refractivity contribution is 6.56. The fourth-order valence-electron chi connectivity index (χ4n) is 1.67. The van der Waals surface area contributed by atoms with E-state index in [1.807, 2.05) is 0 Å². The van der Waals surface area contributed by atoms with Crippen molar-refractivity contribution in [3.8, 4) is 11.3 Å². The lowest BCUT2D eigenvalue weighted by Gasteiger charge is -2.13. The van der Waals surface area contributed by atoms with E-state index in [0.717, 1.165) is 0 Å². The van der Waals surface area contributed by atoms with Crippen LogP contribution in [0.1, 0.15) is 10.4 Å². The van der Waals surface area contributed by atoms with Crippen molar-refractivity contribution in [2.45, 2.75) is 0 Å². The Morgan fingerprint density at radius 1 is 0.955 bits per heavy atom. The van der Waals surface area contributed by atoms with E-state index in [9.17, 15) is 4.79 Å². The van der Waals surface area contributed by atoms with Crippen LogP contribution in [0.4, 0.5) is 0 Å². The Kier molecular flexibility index (Phi) is 5.70. The summed E-state index contributed by atoms with van der Waals surface area (Å²) in [5.74, 6) is -0.632. The maximum Gasteiger partial charge on any atom is 0.339 e. The topological polar surface area (TPSA) is 39.2 Å². The van der Waals surface area contributed by atoms with Gasteiger partial charge in [-0.1, -0.05) is 69.6 Å². The van der Waals surface area contributed by atoms with Crippen LogP contribution in [0.2, 0.25) is 30.1 Å². The first-order valence-corrected chi connectivity index (χ1v) is 7.82. The Morgan fingerprint density at radius 2 is 1.45 bits per heavy atom. The molecule has 1 aromatic heterocycles. The third kappa shape index (κ3) is 3.12. The molecule has 22 heavy (non-hydrogen) atoms. The Bertz CT molecular complexity index is 749. The number of halogens is 6. The number of hydrogen-bond donors (Lipinski definition) is 0. The minimum atomic E-state index is -0.632. The van der Waals surface area contributed by atoms with Crippen LogP contribution >= 0.6 is 69.6 Å². The molecule has 0 saturated heterocycles. The summed E-state index contributed by atoms with van der Waals surface area (Å²) >= 11 is 36.2. The summed E-state index contributed by atoms with van der Waals surface area (Å²) in [6.45, 7) is 0. The molecule has 0 fully saturated rings. The van der Waals surface area contributed by atoms with Crippen LogP contribution in [-0.4, -0.2) is 18.1 Å². The average Bonchev–Trinajstić information content (AvgIpc) is 2.52. The lowest BCUT2D eigenvalue weighted by Crippen LogP contribution is -2.03. The Hall–Kier alpha value is -0.420. The molecule has 0 radical (unpaired) electrons. The van der Waals surface area contributed by atoms with Gasteiger partial charge in [0.05, 0.1) is 48.5 Å². The van der Waals surface area contributed by atoms with Crippen molar-refractivity contribution >= 4 is 75.6 Å². The number of aromatic nitrogens is 1. The van der Waals surface area contributed by atoms with E-state index in [4.69, 9.17) is 69.6 Å². The van der Waals surface area contributed by atoms with Gasteiger partial charge in [-0.05, 0) is 6.07 Å². The van der Waals surface area contributed by atoms with Crippen molar-refractivity contribution in [3.05, 3.63) is 48.0 Å². The molecule has 0 bridgehead atoms. The maximum atomic E-state index is 11.7. The third-order valence-corrected chi connectivity index (χ3v) is 5.30. The molecule has 0 aliphatic rings. The molecule has 2 aromatic rings. The largest absolute Gasteiger partial charge is 0.465 e. The molecule has 9 heteroatoms. The van der Waals surface area contributed by atoms with Gasteiger partial charge in [-0.2, -0.15) is 0 Å². The van der Waals surface area contributed by atoms with Crippen LogP contribution in [0, 0.1) is 0 Å². The first-order chi connectivity index (χ1) is 10.3. The number of carbonyl (C=O) groups excluding carboxylic acids is 1. The van der Waals surface area contributed by atoms with Gasteiger partial charge in [0.15, 0.2) is 0 Å². The molecule has 0 unspecified atom stereocenters. The van der Waals surface area contributed by atoms with E-state index >= 15 is 0 Å². The van der Waals surface area contributed by atoms with Gasteiger partial charge in [0.25, 0.3) is 0 Å². The quantitative estimate of drug-likeness (QED) is 0.318. The highest BCUT2D eigenvalue weighted by Gasteiger charge is 2.23. The summed E-state index contributed by atoms with van der Waals surface area (Å²) in [5, 5.41) is 0.338. The molecule has 116 valence electrons. The molecule has 0 aliphatic heterocycles. The number of ether oxygens (including phenoxy) is 1. The second-order valence-electron chi connectivity index (χ2n) is 3.99. The number of methoxy groups -OCH3 is 1. The van der Waals surface area contributed by atoms with Crippen molar-refractivity contribution in [2.24, 2.45) is 0 Å². The lowest BCUT2D eigenvalue weighted by molar-refractivity contribution is 0.0601. The summed E-state index contributed by atoms with van der Waals surface area (Å²) < 4.78 is 4.64. The summed E-state index contributed by atoms with van der Waals surface area (Å²) in [5.41, 5.74) is 0.591. The predicted molar refractivity (Wildman–Crippen MR) is 91.1 cm³/mol. The summed E-state index contributed by atoms with van der Waals surface area (Å²) in [7, 11) is 1.23. The van der Waals surface area contributed by atoms with E-state index in [-0.39, 0.29) is 47.0 Å². The van der Waals surface area contributed by atoms with Gasteiger partial charge < -0.3 is 4.74 Å². The summed E-state index contributed by atoms with van der Waals surface area (Å²) in [6.07, 6.45) is 1.27. The SMILES string of the molecule is COC(=O)c1cc(-c2c(Cl)c(Cl)c(Cl)c(Cl)c2Cl)ncc1Cl. The van der Waals surface area contributed by atoms with Crippen molar-refractivity contribution in [3.63, 3.8) is 0 Å². The molecule has 1 aromatic carbocycles. The molecule has 3 nitrogen and oxygen atoms in total. The highest BCUT2D eigenvalue weighted by atomic mass is 35.5. The van der Waals surface area contributed by atoms with E-state index in [0.29, 0.717) is 0 Å². The van der Waals surface area contributed by atoms with Gasteiger partial charge >= 0.3 is 5.97 Å². The van der Waals surface area contributed by atoms with Gasteiger partial charge in [-0.3, -0.25) is 4.98 Å². The molecule has 0 saturated carbocycles. The van der Waals surface area contributed by atoms with Crippen molar-refractivity contribution in [1.29, 1.82) is 0 Å². The monoisotopic (exact) mass is 417 g/mol. The minimum Gasteiger partial charge on any atom is -0.465 e. The molecule has 0 aliphatic carbocycles. The molecular formula is C13H5Cl6NO2. The van der Waals surface area contributed by atoms with E-state index in [2.05, 4.69) is 9.72 Å². The number of rotatable bonds is 2. The zero-order chi connectivity index (χ0) is 16.6. The Balaban J connectivity index is 2.76. The van der Waals surface area contributed by atoms with Crippen molar-refractivity contribution < 1.29 is 9.53 Å². The van der Waals surface area contributed by atoms with Crippen LogP contribution in [0.25, 0.3) is 11.3 Å². The summed E-state index contributed by atoms with van der Waals surface area (Å²) in [6, 6.07) is 1.38. The average molecular weight is 420 g/mol. The van der Waals surface area contributed by atoms with E-state index < -0.39 is 5.97 Å². The van der Waals surface area contributed by atoms with Gasteiger partial charge in [0, 0.05) is 11.8 Å². The fourth-order valence-corrected chi connectivity index (χ4v) is 3.18. The number of hydrogen-bond acceptors (Lipinski definition) is 3. The molecule has 0 spiro atoms. The predicted octanol–water partition coefficient (Wildman–Crippen LogP) is 6.46. The van der Waals surface area contributed by atoms with Gasteiger partial charge in [0.1, 0.15) is 0 Å². The first-order valence-electron chi connectivity index (χ1n) is 5.55. The maximum absolute atomic E-state index is 11.7. The standard InChI is InChI=1S/C13H5Cl6NO2/c1-22-13(21)4-2-6(20-3-5(4)14)7-8(15)10(17)12(19)11(18)9(7)16/h2-3H,1H3. The second-order valence-corrected chi connectivity index (χ2v) is 6.28. The molecule has 1 heterocycles. The van der Waals surface area contributed by atoms with Crippen molar-refractivity contribution in [1.82, 2.24) is 4.98 Å². The summed E-state index contributed by atoms with van der Waals surface area (Å²) in [4.78, 5) is 15.8. The minimum absolute atomic E-state index is 0.0316. The Labute approximate surface area is 156 Å². The van der Waals surface area contributed by atoms with Crippen LogP contribution in [0.15, 0.2) is 12.3 Å². The van der Waals surface area contributed by atoms with E-state index in [1.165, 1.54) is 19.4 Å². The zero-order valence-electron chi connectivity index (χ0n) is 10.7. The highest BCUT2D eigenvalue weighted by Crippen LogP contribution is 2.47. The normalized spacial score (nSPS) is 10.7. The second kappa shape index (κ2) is 7.00. The van der Waals surface area contributed by atoms with Crippen LogP contribution < -0.4 is 0 Å². The van der Waals surface area contributed by atoms with Gasteiger partial charge in [-0.25, -0.2) is 4.79 Å². The zero-order valence-corrected chi connectivity index (χ0v) is 15.2. The number of carbonyl (C=O) groups is 1. The van der Waals surface area contributed by atoms with E-state index in [1.54, 1.807) is 0 Å². The van der Waals surface area contributed by atoms with Crippen molar-refractivity contribution in [2.75, 3.05) is 7.11 Å². The van der Waals surface area contributed by atoms with Crippen LogP contribution in [-0.2, 0) is 4.74 Å². The third-order valence-electron chi connectivity index (χ3n) is 2.73. The lowest BCUT2D eigenvalue weighted by atomic mass is 10.1. The smallest absolute Gasteiger partial charge is 0.339 e. The number of esters is 1. The molecule has 0 N–H and O–H groups in total. The number of benzene rings is 1. The number of nitrogens with zero attached hydrogens (tertiary/aromatic N) is 1. The molecule has 2 rings (SSSR count). The molecule has 0 amide bonds. The Morgan fingerprint density at radius 3 is 1.95 bits per heavy atom. The van der Waals surface area contributed by atoms with Gasteiger partial charge in [-0.15, -0.1) is 0 Å². The van der Waals surface area contributed by atoms with Crippen LogP contribution in [0.5, 0.6) is 0 Å². The van der Waals surface area contributed by atoms with Gasteiger partial charge in [0.2, 0.25) is 0 Å².